The van der Waals surface area contributed by atoms with Gasteiger partial charge in [-0.2, -0.15) is 0 Å². The summed E-state index contributed by atoms with van der Waals surface area (Å²) in [6.07, 6.45) is 0.0788. The molecule has 0 radical (unpaired) electrons. The van der Waals surface area contributed by atoms with Gasteiger partial charge in [-0.1, -0.05) is 35.9 Å². The number of aliphatic carboxylic acids is 1. The van der Waals surface area contributed by atoms with E-state index in [1.165, 1.54) is 5.56 Å². The zero-order valence-corrected chi connectivity index (χ0v) is 9.45. The quantitative estimate of drug-likeness (QED) is 0.834. The van der Waals surface area contributed by atoms with Gasteiger partial charge in [-0.05, 0) is 36.1 Å². The minimum atomic E-state index is -0.786. The second kappa shape index (κ2) is 3.97. The molecule has 0 aliphatic heterocycles. The van der Waals surface area contributed by atoms with Gasteiger partial charge in [0.15, 0.2) is 0 Å². The average Bonchev–Trinajstić information content (AvgIpc) is 2.59. The lowest BCUT2D eigenvalue weighted by Gasteiger charge is -2.02. The number of rotatable bonds is 2. The Morgan fingerprint density at radius 1 is 1.19 bits per heavy atom. The summed E-state index contributed by atoms with van der Waals surface area (Å²) in [5.41, 5.74) is 5.37. The van der Waals surface area contributed by atoms with E-state index in [9.17, 15) is 4.79 Å². The summed E-state index contributed by atoms with van der Waals surface area (Å²) < 4.78 is 0. The van der Waals surface area contributed by atoms with Crippen molar-refractivity contribution in [1.29, 1.82) is 0 Å². The lowest BCUT2D eigenvalue weighted by atomic mass is 10.0. The second-order valence-electron chi connectivity index (χ2n) is 4.16. The molecule has 0 atom stereocenters. The predicted octanol–water partition coefficient (Wildman–Crippen LogP) is 3.04. The first-order valence-corrected chi connectivity index (χ1v) is 5.28. The van der Waals surface area contributed by atoms with Crippen LogP contribution >= 0.6 is 0 Å². The van der Waals surface area contributed by atoms with Crippen LogP contribution in [0.2, 0.25) is 0 Å². The first kappa shape index (κ1) is 10.7. The van der Waals surface area contributed by atoms with E-state index in [2.05, 4.69) is 13.0 Å². The fourth-order valence-electron chi connectivity index (χ4n) is 2.17. The predicted molar refractivity (Wildman–Crippen MR) is 63.9 cm³/mol. The van der Waals surface area contributed by atoms with Crippen molar-refractivity contribution < 1.29 is 9.90 Å². The highest BCUT2D eigenvalue weighted by atomic mass is 16.4. The molecule has 0 amide bonds. The van der Waals surface area contributed by atoms with Gasteiger partial charge in [0.2, 0.25) is 0 Å². The van der Waals surface area contributed by atoms with E-state index in [4.69, 9.17) is 5.11 Å². The van der Waals surface area contributed by atoms with Gasteiger partial charge in [-0.25, -0.2) is 0 Å². The van der Waals surface area contributed by atoms with Gasteiger partial charge in [-0.3, -0.25) is 4.79 Å². The number of carboxylic acids is 1. The first-order chi connectivity index (χ1) is 7.58. The van der Waals surface area contributed by atoms with E-state index in [-0.39, 0.29) is 6.42 Å². The number of aryl methyl sites for hydroxylation is 2. The highest BCUT2D eigenvalue weighted by Crippen LogP contribution is 2.30. The maximum absolute atomic E-state index is 10.8. The Morgan fingerprint density at radius 3 is 2.56 bits per heavy atom. The van der Waals surface area contributed by atoms with Crippen molar-refractivity contribution in [3.8, 4) is 11.1 Å². The highest BCUT2D eigenvalue weighted by molar-refractivity contribution is 5.79. The normalized spacial score (nSPS) is 10.6. The molecule has 0 saturated carbocycles. The molecule has 0 bridgehead atoms. The third-order valence-electron chi connectivity index (χ3n) is 2.77. The van der Waals surface area contributed by atoms with Crippen LogP contribution in [0, 0.1) is 13.8 Å². The summed E-state index contributed by atoms with van der Waals surface area (Å²) in [6.45, 7) is 4.05. The van der Waals surface area contributed by atoms with Gasteiger partial charge in [0.1, 0.15) is 0 Å². The minimum absolute atomic E-state index is 0.0788. The van der Waals surface area contributed by atoms with Gasteiger partial charge in [-0.15, -0.1) is 0 Å². The Bertz CT molecular complexity index is 515. The Kier molecular flexibility index (Phi) is 2.65. The second-order valence-corrected chi connectivity index (χ2v) is 4.16. The largest absolute Gasteiger partial charge is 0.481 e. The van der Waals surface area contributed by atoms with Crippen molar-refractivity contribution in [3.05, 3.63) is 47.0 Å². The van der Waals surface area contributed by atoms with Crippen molar-refractivity contribution >= 4 is 5.97 Å². The highest BCUT2D eigenvalue weighted by Gasteiger charge is 2.12. The Labute approximate surface area is 94.9 Å². The third kappa shape index (κ3) is 1.91. The van der Waals surface area contributed by atoms with Crippen molar-refractivity contribution in [2.75, 3.05) is 0 Å². The summed E-state index contributed by atoms with van der Waals surface area (Å²) in [5, 5.41) is 8.91. The van der Waals surface area contributed by atoms with Crippen LogP contribution in [0.15, 0.2) is 30.3 Å². The molecule has 0 spiro atoms. The number of carboxylic acid groups (broad SMARTS) is 1. The van der Waals surface area contributed by atoms with E-state index in [1.54, 1.807) is 0 Å². The molecule has 0 unspecified atom stereocenters. The Balaban J connectivity index is 2.66. The molecule has 2 aliphatic rings. The molecule has 2 rings (SSSR count). The zero-order valence-electron chi connectivity index (χ0n) is 9.45. The monoisotopic (exact) mass is 214 g/mol. The fourth-order valence-corrected chi connectivity index (χ4v) is 2.17. The molecule has 0 aromatic heterocycles. The third-order valence-corrected chi connectivity index (χ3v) is 2.77. The van der Waals surface area contributed by atoms with E-state index in [1.807, 2.05) is 31.2 Å². The summed E-state index contributed by atoms with van der Waals surface area (Å²) >= 11 is 0. The lowest BCUT2D eigenvalue weighted by molar-refractivity contribution is -0.136. The molecular formula is C14H14O2. The van der Waals surface area contributed by atoms with Crippen LogP contribution in [0.3, 0.4) is 0 Å². The lowest BCUT2D eigenvalue weighted by Crippen LogP contribution is -2.00. The molecule has 82 valence electrons. The van der Waals surface area contributed by atoms with Crippen LogP contribution in [-0.4, -0.2) is 11.1 Å². The molecule has 16 heavy (non-hydrogen) atoms. The molecule has 1 N–H and O–H groups in total. The van der Waals surface area contributed by atoms with Crippen LogP contribution < -0.4 is 0 Å². The Morgan fingerprint density at radius 2 is 1.88 bits per heavy atom. The van der Waals surface area contributed by atoms with Gasteiger partial charge < -0.3 is 5.11 Å². The van der Waals surface area contributed by atoms with E-state index < -0.39 is 5.97 Å². The number of hydrogen-bond acceptors (Lipinski definition) is 1. The van der Waals surface area contributed by atoms with Gasteiger partial charge in [0, 0.05) is 0 Å². The van der Waals surface area contributed by atoms with Gasteiger partial charge >= 0.3 is 5.97 Å². The molecule has 2 nitrogen and oxygen atoms in total. The van der Waals surface area contributed by atoms with Gasteiger partial charge in [0.25, 0.3) is 0 Å². The Hall–Kier alpha value is -1.83. The van der Waals surface area contributed by atoms with Gasteiger partial charge in [0.05, 0.1) is 6.42 Å². The fraction of sp³-hybridized carbons (Fsp3) is 0.214. The summed E-state index contributed by atoms with van der Waals surface area (Å²) in [6, 6.07) is 10.0. The van der Waals surface area contributed by atoms with Crippen LogP contribution in [0.5, 0.6) is 0 Å². The maximum atomic E-state index is 10.8. The number of fused-ring (bicyclic) bond motifs is 1. The van der Waals surface area contributed by atoms with Crippen molar-refractivity contribution in [2.24, 2.45) is 0 Å². The van der Waals surface area contributed by atoms with Crippen molar-refractivity contribution in [1.82, 2.24) is 0 Å². The molecule has 2 heteroatoms. The molecule has 0 heterocycles. The molecule has 0 saturated heterocycles. The topological polar surface area (TPSA) is 37.3 Å². The zero-order chi connectivity index (χ0) is 11.7. The van der Waals surface area contributed by atoms with Crippen LogP contribution in [-0.2, 0) is 11.2 Å². The molecule has 0 aromatic carbocycles. The summed E-state index contributed by atoms with van der Waals surface area (Å²) in [4.78, 5) is 10.8. The molecular weight excluding hydrogens is 200 g/mol. The minimum Gasteiger partial charge on any atom is -0.481 e. The smallest absolute Gasteiger partial charge is 0.307 e. The summed E-state index contributed by atoms with van der Waals surface area (Å²) in [7, 11) is 0. The molecule has 2 aliphatic carbocycles. The maximum Gasteiger partial charge on any atom is 0.307 e. The number of hydrogen-bond donors (Lipinski definition) is 1. The van der Waals surface area contributed by atoms with Crippen molar-refractivity contribution in [2.45, 2.75) is 20.3 Å². The van der Waals surface area contributed by atoms with Crippen molar-refractivity contribution in [3.63, 3.8) is 0 Å². The average molecular weight is 214 g/mol. The van der Waals surface area contributed by atoms with E-state index in [0.717, 1.165) is 22.3 Å². The summed E-state index contributed by atoms with van der Waals surface area (Å²) in [5.74, 6) is -0.786. The molecule has 0 aromatic rings. The standard InChI is InChI=1S/C14H14O2/c1-9-6-10(2)12-4-3-5-13(12)11(7-9)8-14(15)16/h3-7H,8H2,1-2H3,(H,15,16). The first-order valence-electron chi connectivity index (χ1n) is 5.28. The van der Waals surface area contributed by atoms with E-state index in [0.29, 0.717) is 0 Å². The SMILES string of the molecule is Cc1cc(C)c2cccc-2c(CC(=O)O)c1. The van der Waals surface area contributed by atoms with Crippen LogP contribution in [0.25, 0.3) is 11.1 Å². The van der Waals surface area contributed by atoms with Crippen LogP contribution in [0.4, 0.5) is 0 Å². The van der Waals surface area contributed by atoms with E-state index >= 15 is 0 Å². The number of carbonyl (C=O) groups is 1. The molecule has 0 fully saturated rings. The van der Waals surface area contributed by atoms with Crippen LogP contribution in [0.1, 0.15) is 16.7 Å².